The molecular formula is C18H14ClF2N3O2. The van der Waals surface area contributed by atoms with Gasteiger partial charge in [0.15, 0.2) is 11.6 Å². The van der Waals surface area contributed by atoms with E-state index in [0.717, 1.165) is 12.1 Å². The number of allylic oxidation sites excluding steroid dienone is 1. The summed E-state index contributed by atoms with van der Waals surface area (Å²) in [5, 5.41) is 8.24. The van der Waals surface area contributed by atoms with E-state index in [2.05, 4.69) is 16.0 Å². The number of hydrogen-bond donors (Lipinski definition) is 3. The maximum Gasteiger partial charge on any atom is 0.319 e. The van der Waals surface area contributed by atoms with Crippen molar-refractivity contribution in [3.8, 4) is 0 Å². The number of nitrogens with one attached hydrogen (secondary N) is 3. The molecule has 3 rings (SSSR count). The molecule has 26 heavy (non-hydrogen) atoms. The van der Waals surface area contributed by atoms with Gasteiger partial charge in [-0.3, -0.25) is 4.79 Å². The van der Waals surface area contributed by atoms with E-state index < -0.39 is 29.6 Å². The minimum Gasteiger partial charge on any atom is -0.327 e. The number of urea groups is 1. The van der Waals surface area contributed by atoms with Crippen LogP contribution in [0.5, 0.6) is 0 Å². The third-order valence-corrected chi connectivity index (χ3v) is 4.15. The molecule has 1 atom stereocenters. The molecule has 2 aromatic rings. The van der Waals surface area contributed by atoms with Crippen LogP contribution in [0.15, 0.2) is 53.7 Å². The average molecular weight is 378 g/mol. The summed E-state index contributed by atoms with van der Waals surface area (Å²) in [7, 11) is 0. The van der Waals surface area contributed by atoms with Crippen LogP contribution in [-0.2, 0) is 4.79 Å². The second kappa shape index (κ2) is 7.13. The van der Waals surface area contributed by atoms with Crippen molar-refractivity contribution in [2.24, 2.45) is 0 Å². The van der Waals surface area contributed by atoms with Crippen LogP contribution in [0.3, 0.4) is 0 Å². The predicted octanol–water partition coefficient (Wildman–Crippen LogP) is 3.88. The SMILES string of the molecule is CC1=C(C(=O)Nc2ccc(F)c(F)c2)C(c2ccc(Cl)cc2)NC(=O)N1. The normalized spacial score (nSPS) is 16.8. The number of rotatable bonds is 3. The Bertz CT molecular complexity index is 913. The number of halogens is 3. The Kier molecular flexibility index (Phi) is 4.90. The fourth-order valence-corrected chi connectivity index (χ4v) is 2.80. The molecular weight excluding hydrogens is 364 g/mol. The van der Waals surface area contributed by atoms with E-state index in [1.54, 1.807) is 31.2 Å². The van der Waals surface area contributed by atoms with Crippen molar-refractivity contribution in [1.82, 2.24) is 10.6 Å². The van der Waals surface area contributed by atoms with E-state index in [-0.39, 0.29) is 11.3 Å². The Morgan fingerprint density at radius 1 is 1.12 bits per heavy atom. The lowest BCUT2D eigenvalue weighted by Crippen LogP contribution is -2.45. The third kappa shape index (κ3) is 3.67. The summed E-state index contributed by atoms with van der Waals surface area (Å²) in [5.41, 5.74) is 1.35. The second-order valence-corrected chi connectivity index (χ2v) is 6.14. The largest absolute Gasteiger partial charge is 0.327 e. The molecule has 5 nitrogen and oxygen atoms in total. The summed E-state index contributed by atoms with van der Waals surface area (Å²) in [4.78, 5) is 24.6. The number of benzene rings is 2. The molecule has 0 saturated carbocycles. The highest BCUT2D eigenvalue weighted by atomic mass is 35.5. The van der Waals surface area contributed by atoms with Gasteiger partial charge in [-0.25, -0.2) is 13.6 Å². The standard InChI is InChI=1S/C18H14ClF2N3O2/c1-9-15(17(25)23-12-6-7-13(20)14(21)8-12)16(24-18(26)22-9)10-2-4-11(19)5-3-10/h2-8,16H,1H3,(H,23,25)(H2,22,24,26). The van der Waals surface area contributed by atoms with Gasteiger partial charge in [0.1, 0.15) is 0 Å². The van der Waals surface area contributed by atoms with Crippen molar-refractivity contribution in [3.05, 3.63) is 76.0 Å². The molecule has 0 aliphatic carbocycles. The first-order valence-corrected chi connectivity index (χ1v) is 8.03. The van der Waals surface area contributed by atoms with Crippen LogP contribution >= 0.6 is 11.6 Å². The van der Waals surface area contributed by atoms with Gasteiger partial charge in [0.25, 0.3) is 5.91 Å². The zero-order valence-electron chi connectivity index (χ0n) is 13.6. The molecule has 0 aromatic heterocycles. The van der Waals surface area contributed by atoms with Crippen molar-refractivity contribution < 1.29 is 18.4 Å². The van der Waals surface area contributed by atoms with E-state index in [1.807, 2.05) is 0 Å². The number of hydrogen-bond acceptors (Lipinski definition) is 2. The van der Waals surface area contributed by atoms with Gasteiger partial charge < -0.3 is 16.0 Å². The zero-order chi connectivity index (χ0) is 18.8. The molecule has 8 heteroatoms. The minimum atomic E-state index is -1.07. The Morgan fingerprint density at radius 3 is 2.46 bits per heavy atom. The smallest absolute Gasteiger partial charge is 0.319 e. The molecule has 134 valence electrons. The van der Waals surface area contributed by atoms with E-state index in [9.17, 15) is 18.4 Å². The first kappa shape index (κ1) is 17.9. The highest BCUT2D eigenvalue weighted by molar-refractivity contribution is 6.30. The van der Waals surface area contributed by atoms with Crippen LogP contribution in [0.4, 0.5) is 19.3 Å². The Morgan fingerprint density at radius 2 is 1.81 bits per heavy atom. The minimum absolute atomic E-state index is 0.0981. The van der Waals surface area contributed by atoms with Crippen molar-refractivity contribution in [2.75, 3.05) is 5.32 Å². The van der Waals surface area contributed by atoms with E-state index in [0.29, 0.717) is 16.3 Å². The van der Waals surface area contributed by atoms with Gasteiger partial charge in [-0.1, -0.05) is 23.7 Å². The summed E-state index contributed by atoms with van der Waals surface area (Å²) < 4.78 is 26.4. The quantitative estimate of drug-likeness (QED) is 0.759. The Labute approximate surface area is 153 Å². The van der Waals surface area contributed by atoms with Crippen molar-refractivity contribution in [3.63, 3.8) is 0 Å². The van der Waals surface area contributed by atoms with Crippen molar-refractivity contribution >= 4 is 29.2 Å². The molecule has 1 unspecified atom stereocenters. The highest BCUT2D eigenvalue weighted by Gasteiger charge is 2.31. The lowest BCUT2D eigenvalue weighted by Gasteiger charge is -2.28. The average Bonchev–Trinajstić information content (AvgIpc) is 2.58. The number of amides is 3. The molecule has 0 radical (unpaired) electrons. The molecule has 0 saturated heterocycles. The summed E-state index contributed by atoms with van der Waals surface area (Å²) in [6, 6.07) is 8.56. The van der Waals surface area contributed by atoms with E-state index in [1.165, 1.54) is 6.07 Å². The van der Waals surface area contributed by atoms with Crippen LogP contribution in [0.25, 0.3) is 0 Å². The van der Waals surface area contributed by atoms with Crippen LogP contribution < -0.4 is 16.0 Å². The van der Waals surface area contributed by atoms with Gasteiger partial charge in [0, 0.05) is 22.5 Å². The number of carbonyl (C=O) groups is 2. The summed E-state index contributed by atoms with van der Waals surface area (Å²) in [5.74, 6) is -2.64. The van der Waals surface area contributed by atoms with Crippen LogP contribution in [0, 0.1) is 11.6 Å². The maximum atomic E-state index is 13.4. The summed E-state index contributed by atoms with van der Waals surface area (Å²) >= 11 is 5.88. The first-order valence-electron chi connectivity index (χ1n) is 7.65. The molecule has 3 amide bonds. The Balaban J connectivity index is 1.93. The Hall–Kier alpha value is -2.93. The number of carbonyl (C=O) groups excluding carboxylic acids is 2. The van der Waals surface area contributed by atoms with Crippen molar-refractivity contribution in [1.29, 1.82) is 0 Å². The van der Waals surface area contributed by atoms with Crippen molar-refractivity contribution in [2.45, 2.75) is 13.0 Å². The van der Waals surface area contributed by atoms with E-state index in [4.69, 9.17) is 11.6 Å². The lowest BCUT2D eigenvalue weighted by atomic mass is 9.95. The van der Waals surface area contributed by atoms with Gasteiger partial charge in [0.05, 0.1) is 11.6 Å². The zero-order valence-corrected chi connectivity index (χ0v) is 14.3. The molecule has 3 N–H and O–H groups in total. The monoisotopic (exact) mass is 377 g/mol. The fraction of sp³-hybridized carbons (Fsp3) is 0.111. The molecule has 0 bridgehead atoms. The second-order valence-electron chi connectivity index (χ2n) is 5.70. The lowest BCUT2D eigenvalue weighted by molar-refractivity contribution is -0.113. The molecule has 2 aromatic carbocycles. The van der Waals surface area contributed by atoms with Gasteiger partial charge in [-0.15, -0.1) is 0 Å². The van der Waals surface area contributed by atoms with Crippen LogP contribution in [-0.4, -0.2) is 11.9 Å². The maximum absolute atomic E-state index is 13.4. The van der Waals surface area contributed by atoms with Gasteiger partial charge >= 0.3 is 6.03 Å². The molecule has 1 aliphatic heterocycles. The summed E-state index contributed by atoms with van der Waals surface area (Å²) in [6.07, 6.45) is 0. The molecule has 0 spiro atoms. The highest BCUT2D eigenvalue weighted by Crippen LogP contribution is 2.28. The molecule has 1 heterocycles. The van der Waals surface area contributed by atoms with Gasteiger partial charge in [0.2, 0.25) is 0 Å². The molecule has 1 aliphatic rings. The molecule has 0 fully saturated rings. The van der Waals surface area contributed by atoms with Gasteiger partial charge in [-0.2, -0.15) is 0 Å². The topological polar surface area (TPSA) is 70.2 Å². The third-order valence-electron chi connectivity index (χ3n) is 3.89. The first-order chi connectivity index (χ1) is 12.3. The fourth-order valence-electron chi connectivity index (χ4n) is 2.67. The van der Waals surface area contributed by atoms with Gasteiger partial charge in [-0.05, 0) is 36.8 Å². The number of anilines is 1. The predicted molar refractivity (Wildman–Crippen MR) is 93.5 cm³/mol. The summed E-state index contributed by atoms with van der Waals surface area (Å²) in [6.45, 7) is 1.59. The van der Waals surface area contributed by atoms with Crippen LogP contribution in [0.2, 0.25) is 5.02 Å². The van der Waals surface area contributed by atoms with Crippen LogP contribution in [0.1, 0.15) is 18.5 Å². The van der Waals surface area contributed by atoms with E-state index >= 15 is 0 Å².